The number of fused-ring (bicyclic) bond motifs is 1. The molecule has 1 aliphatic heterocycles. The van der Waals surface area contributed by atoms with Gasteiger partial charge >= 0.3 is 0 Å². The van der Waals surface area contributed by atoms with Gasteiger partial charge in [0.25, 0.3) is 5.91 Å². The second-order valence-corrected chi connectivity index (χ2v) is 9.36. The van der Waals surface area contributed by atoms with Gasteiger partial charge in [-0.3, -0.25) is 9.59 Å². The Bertz CT molecular complexity index is 1490. The Balaban J connectivity index is 1.64. The van der Waals surface area contributed by atoms with Crippen molar-refractivity contribution < 1.29 is 23.1 Å². The number of ether oxygens (including phenoxy) is 1. The fourth-order valence-corrected chi connectivity index (χ4v) is 5.02. The molecule has 38 heavy (non-hydrogen) atoms. The summed E-state index contributed by atoms with van der Waals surface area (Å²) in [5, 5.41) is 2.89. The second kappa shape index (κ2) is 10.6. The first-order valence-electron chi connectivity index (χ1n) is 11.9. The lowest BCUT2D eigenvalue weighted by Crippen LogP contribution is -2.45. The quantitative estimate of drug-likeness (QED) is 0.299. The molecule has 1 heterocycles. The summed E-state index contributed by atoms with van der Waals surface area (Å²) >= 11 is 6.21. The SMILES string of the molecule is COc1ccc([C@H]2[C@@H](C(=O)Nc3ccc(F)cc3Cl)c3ccccc3C(=O)N2Cc2ccc(F)cc2)cc1. The maximum atomic E-state index is 13.9. The molecule has 4 aromatic carbocycles. The van der Waals surface area contributed by atoms with Crippen LogP contribution in [0.4, 0.5) is 14.5 Å². The van der Waals surface area contributed by atoms with Gasteiger partial charge in [0.1, 0.15) is 17.4 Å². The van der Waals surface area contributed by atoms with Crippen LogP contribution in [0, 0.1) is 11.6 Å². The summed E-state index contributed by atoms with van der Waals surface area (Å²) in [6.45, 7) is 0.144. The van der Waals surface area contributed by atoms with E-state index in [9.17, 15) is 18.4 Å². The molecule has 0 unspecified atom stereocenters. The summed E-state index contributed by atoms with van der Waals surface area (Å²) in [6.07, 6.45) is 0. The maximum absolute atomic E-state index is 13.9. The zero-order valence-corrected chi connectivity index (χ0v) is 21.1. The molecule has 5 nitrogen and oxygen atoms in total. The highest BCUT2D eigenvalue weighted by Gasteiger charge is 2.44. The fourth-order valence-electron chi connectivity index (χ4n) is 4.81. The zero-order valence-electron chi connectivity index (χ0n) is 20.3. The minimum absolute atomic E-state index is 0.0580. The summed E-state index contributed by atoms with van der Waals surface area (Å²) in [4.78, 5) is 29.4. The fraction of sp³-hybridized carbons (Fsp3) is 0.133. The Kier molecular flexibility index (Phi) is 7.11. The summed E-state index contributed by atoms with van der Waals surface area (Å²) in [5.74, 6) is -1.79. The maximum Gasteiger partial charge on any atom is 0.255 e. The first-order valence-corrected chi connectivity index (χ1v) is 12.3. The standard InChI is InChI=1S/C30H23ClF2N2O3/c1-38-22-13-8-19(9-14-22)28-27(29(36)34-26-15-12-21(33)16-25(26)31)23-4-2-3-5-24(23)30(37)35(28)17-18-6-10-20(32)11-7-18/h2-16,27-28H,17H2,1H3,(H,34,36)/t27-,28-/m0/s1. The van der Waals surface area contributed by atoms with E-state index in [-0.39, 0.29) is 29.0 Å². The molecule has 0 saturated carbocycles. The molecule has 0 saturated heterocycles. The second-order valence-electron chi connectivity index (χ2n) is 8.96. The molecule has 2 amide bonds. The number of amides is 2. The first-order chi connectivity index (χ1) is 18.4. The van der Waals surface area contributed by atoms with Gasteiger partial charge in [-0.2, -0.15) is 0 Å². The van der Waals surface area contributed by atoms with Crippen molar-refractivity contribution in [1.29, 1.82) is 0 Å². The van der Waals surface area contributed by atoms with Crippen LogP contribution in [0.15, 0.2) is 91.0 Å². The van der Waals surface area contributed by atoms with E-state index < -0.39 is 23.7 Å². The minimum atomic E-state index is -0.834. The van der Waals surface area contributed by atoms with Crippen molar-refractivity contribution >= 4 is 29.1 Å². The van der Waals surface area contributed by atoms with Gasteiger partial charge in [-0.1, -0.05) is 54.1 Å². The van der Waals surface area contributed by atoms with Crippen molar-refractivity contribution in [2.45, 2.75) is 18.5 Å². The molecular weight excluding hydrogens is 510 g/mol. The van der Waals surface area contributed by atoms with Gasteiger partial charge in [0.05, 0.1) is 29.8 Å². The van der Waals surface area contributed by atoms with Gasteiger partial charge in [0.2, 0.25) is 5.91 Å². The van der Waals surface area contributed by atoms with Crippen LogP contribution in [-0.2, 0) is 11.3 Å². The Morgan fingerprint density at radius 2 is 1.63 bits per heavy atom. The van der Waals surface area contributed by atoms with Crippen molar-refractivity contribution in [3.8, 4) is 5.75 Å². The first kappa shape index (κ1) is 25.4. The van der Waals surface area contributed by atoms with E-state index in [1.165, 1.54) is 24.3 Å². The van der Waals surface area contributed by atoms with E-state index in [1.807, 2.05) is 12.1 Å². The molecule has 0 radical (unpaired) electrons. The van der Waals surface area contributed by atoms with Crippen LogP contribution in [0.2, 0.25) is 5.02 Å². The molecule has 0 bridgehead atoms. The van der Waals surface area contributed by atoms with Gasteiger partial charge < -0.3 is 15.0 Å². The third-order valence-corrected chi connectivity index (χ3v) is 6.95. The summed E-state index contributed by atoms with van der Waals surface area (Å²) < 4.78 is 32.5. The van der Waals surface area contributed by atoms with E-state index in [4.69, 9.17) is 16.3 Å². The lowest BCUT2D eigenvalue weighted by molar-refractivity contribution is -0.119. The molecule has 1 aliphatic rings. The molecule has 192 valence electrons. The molecule has 2 atom stereocenters. The largest absolute Gasteiger partial charge is 0.497 e. The molecule has 0 fully saturated rings. The number of halogens is 3. The third-order valence-electron chi connectivity index (χ3n) is 6.63. The number of methoxy groups -OCH3 is 1. The number of anilines is 1. The Hall–Kier alpha value is -4.23. The van der Waals surface area contributed by atoms with Gasteiger partial charge in [-0.05, 0) is 65.2 Å². The molecule has 0 aromatic heterocycles. The number of rotatable bonds is 6. The van der Waals surface area contributed by atoms with Crippen LogP contribution >= 0.6 is 11.6 Å². The van der Waals surface area contributed by atoms with Crippen LogP contribution in [0.25, 0.3) is 0 Å². The molecule has 8 heteroatoms. The van der Waals surface area contributed by atoms with Gasteiger partial charge in [-0.15, -0.1) is 0 Å². The molecule has 0 spiro atoms. The number of benzene rings is 4. The lowest BCUT2D eigenvalue weighted by atomic mass is 9.79. The average molecular weight is 533 g/mol. The summed E-state index contributed by atoms with van der Waals surface area (Å²) in [7, 11) is 1.55. The summed E-state index contributed by atoms with van der Waals surface area (Å²) in [6, 6.07) is 23.0. The summed E-state index contributed by atoms with van der Waals surface area (Å²) in [5.41, 5.74) is 2.62. The van der Waals surface area contributed by atoms with E-state index in [0.29, 0.717) is 28.0 Å². The number of nitrogens with one attached hydrogen (secondary N) is 1. The Morgan fingerprint density at radius 1 is 0.947 bits per heavy atom. The lowest BCUT2D eigenvalue weighted by Gasteiger charge is -2.42. The van der Waals surface area contributed by atoms with Crippen LogP contribution in [0.3, 0.4) is 0 Å². The molecular formula is C30H23ClF2N2O3. The Labute approximate surface area is 223 Å². The minimum Gasteiger partial charge on any atom is -0.497 e. The molecule has 5 rings (SSSR count). The zero-order chi connectivity index (χ0) is 26.8. The predicted molar refractivity (Wildman–Crippen MR) is 141 cm³/mol. The van der Waals surface area contributed by atoms with E-state index in [1.54, 1.807) is 60.5 Å². The number of nitrogens with zero attached hydrogens (tertiary/aromatic N) is 1. The van der Waals surface area contributed by atoms with Crippen molar-refractivity contribution in [2.24, 2.45) is 0 Å². The van der Waals surface area contributed by atoms with Gasteiger partial charge in [0, 0.05) is 12.1 Å². The van der Waals surface area contributed by atoms with E-state index in [2.05, 4.69) is 5.32 Å². The molecule has 0 aliphatic carbocycles. The van der Waals surface area contributed by atoms with Crippen molar-refractivity contribution in [1.82, 2.24) is 4.90 Å². The molecule has 1 N–H and O–H groups in total. The monoisotopic (exact) mass is 532 g/mol. The van der Waals surface area contributed by atoms with E-state index in [0.717, 1.165) is 6.07 Å². The normalized spacial score (nSPS) is 16.6. The van der Waals surface area contributed by atoms with Crippen molar-refractivity contribution in [2.75, 3.05) is 12.4 Å². The van der Waals surface area contributed by atoms with Gasteiger partial charge in [0.15, 0.2) is 0 Å². The highest BCUT2D eigenvalue weighted by molar-refractivity contribution is 6.33. The Morgan fingerprint density at radius 3 is 2.32 bits per heavy atom. The van der Waals surface area contributed by atoms with Gasteiger partial charge in [-0.25, -0.2) is 8.78 Å². The van der Waals surface area contributed by atoms with Crippen molar-refractivity contribution in [3.63, 3.8) is 0 Å². The molecule has 4 aromatic rings. The van der Waals surface area contributed by atoms with Crippen molar-refractivity contribution in [3.05, 3.63) is 130 Å². The average Bonchev–Trinajstić information content (AvgIpc) is 2.93. The van der Waals surface area contributed by atoms with Crippen LogP contribution in [-0.4, -0.2) is 23.8 Å². The number of hydrogen-bond donors (Lipinski definition) is 1. The smallest absolute Gasteiger partial charge is 0.255 e. The van der Waals surface area contributed by atoms with Crippen LogP contribution in [0.1, 0.15) is 39.0 Å². The van der Waals surface area contributed by atoms with Crippen LogP contribution in [0.5, 0.6) is 5.75 Å². The number of hydrogen-bond acceptors (Lipinski definition) is 3. The predicted octanol–water partition coefficient (Wildman–Crippen LogP) is 6.75. The number of carbonyl (C=O) groups excluding carboxylic acids is 2. The highest BCUT2D eigenvalue weighted by Crippen LogP contribution is 2.44. The number of carbonyl (C=O) groups is 2. The topological polar surface area (TPSA) is 58.6 Å². The highest BCUT2D eigenvalue weighted by atomic mass is 35.5. The van der Waals surface area contributed by atoms with E-state index >= 15 is 0 Å². The third kappa shape index (κ3) is 4.97. The van der Waals surface area contributed by atoms with Crippen LogP contribution < -0.4 is 10.1 Å².